The molecule has 2 heterocycles. The number of hydrogen-bond donors (Lipinski definition) is 1. The Morgan fingerprint density at radius 3 is 3.15 bits per heavy atom. The molecule has 0 aliphatic rings. The third-order valence-corrected chi connectivity index (χ3v) is 2.50. The van der Waals surface area contributed by atoms with E-state index in [0.29, 0.717) is 21.5 Å². The van der Waals surface area contributed by atoms with Crippen LogP contribution in [-0.4, -0.2) is 25.7 Å². The zero-order chi connectivity index (χ0) is 9.26. The van der Waals surface area contributed by atoms with E-state index in [1.54, 1.807) is 18.1 Å². The number of thioether (sulfide) groups is 1. The smallest absolute Gasteiger partial charge is 0.191 e. The zero-order valence-electron chi connectivity index (χ0n) is 6.91. The van der Waals surface area contributed by atoms with Crippen LogP contribution >= 0.6 is 23.4 Å². The lowest BCUT2D eigenvalue weighted by Crippen LogP contribution is -1.89. The van der Waals surface area contributed by atoms with Crippen LogP contribution in [-0.2, 0) is 0 Å². The Morgan fingerprint density at radius 1 is 1.54 bits per heavy atom. The molecule has 0 saturated heterocycles. The molecule has 0 saturated carbocycles. The molecule has 1 N–H and O–H groups in total. The first-order valence-corrected chi connectivity index (χ1v) is 5.17. The zero-order valence-corrected chi connectivity index (χ0v) is 8.48. The molecule has 0 atom stereocenters. The number of H-pyrrole nitrogens is 1. The Morgan fingerprint density at radius 2 is 2.38 bits per heavy atom. The van der Waals surface area contributed by atoms with Gasteiger partial charge < -0.3 is 4.98 Å². The lowest BCUT2D eigenvalue weighted by Gasteiger charge is -1.97. The molecule has 2 rings (SSSR count). The molecule has 0 aliphatic carbocycles. The first-order valence-electron chi connectivity index (χ1n) is 3.80. The molecule has 0 aromatic carbocycles. The second-order valence-electron chi connectivity index (χ2n) is 2.33. The van der Waals surface area contributed by atoms with Gasteiger partial charge in [-0.25, -0.2) is 15.0 Å². The molecule has 0 radical (unpaired) electrons. The van der Waals surface area contributed by atoms with Gasteiger partial charge in [0.15, 0.2) is 16.0 Å². The standard InChI is InChI=1S/C7H7ClN4S/c1-2-13-7-11-5(8)4-6(12-7)10-3-9-4/h3H,2H2,1H3,(H,9,10,11,12). The normalized spacial score (nSPS) is 10.9. The van der Waals surface area contributed by atoms with Gasteiger partial charge in [-0.05, 0) is 5.75 Å². The highest BCUT2D eigenvalue weighted by Gasteiger charge is 2.06. The van der Waals surface area contributed by atoms with Gasteiger partial charge in [0.25, 0.3) is 0 Å². The number of nitrogens with one attached hydrogen (secondary N) is 1. The first-order chi connectivity index (χ1) is 6.31. The summed E-state index contributed by atoms with van der Waals surface area (Å²) >= 11 is 7.45. The fourth-order valence-corrected chi connectivity index (χ4v) is 1.81. The van der Waals surface area contributed by atoms with Crippen molar-refractivity contribution < 1.29 is 0 Å². The lowest BCUT2D eigenvalue weighted by atomic mass is 10.6. The van der Waals surface area contributed by atoms with E-state index < -0.39 is 0 Å². The van der Waals surface area contributed by atoms with Crippen molar-refractivity contribution in [1.29, 1.82) is 0 Å². The fourth-order valence-electron chi connectivity index (χ4n) is 0.973. The predicted molar refractivity (Wildman–Crippen MR) is 53.1 cm³/mol. The summed E-state index contributed by atoms with van der Waals surface area (Å²) in [5.41, 5.74) is 1.32. The van der Waals surface area contributed by atoms with E-state index in [2.05, 4.69) is 19.9 Å². The van der Waals surface area contributed by atoms with Crippen LogP contribution < -0.4 is 0 Å². The molecule has 0 unspecified atom stereocenters. The summed E-state index contributed by atoms with van der Waals surface area (Å²) in [6, 6.07) is 0. The molecule has 2 aromatic rings. The minimum Gasteiger partial charge on any atom is -0.341 e. The number of imidazole rings is 1. The maximum absolute atomic E-state index is 5.90. The maximum atomic E-state index is 5.90. The maximum Gasteiger partial charge on any atom is 0.191 e. The largest absolute Gasteiger partial charge is 0.341 e. The Hall–Kier alpha value is -0.810. The van der Waals surface area contributed by atoms with Crippen LogP contribution in [0.2, 0.25) is 5.15 Å². The summed E-state index contributed by atoms with van der Waals surface area (Å²) in [5.74, 6) is 0.923. The van der Waals surface area contributed by atoms with Gasteiger partial charge >= 0.3 is 0 Å². The van der Waals surface area contributed by atoms with Gasteiger partial charge in [-0.3, -0.25) is 0 Å². The van der Waals surface area contributed by atoms with E-state index in [4.69, 9.17) is 11.6 Å². The van der Waals surface area contributed by atoms with Gasteiger partial charge in [0.05, 0.1) is 6.33 Å². The van der Waals surface area contributed by atoms with Gasteiger partial charge in [-0.2, -0.15) is 0 Å². The van der Waals surface area contributed by atoms with Crippen molar-refractivity contribution in [3.05, 3.63) is 11.5 Å². The number of rotatable bonds is 2. The van der Waals surface area contributed by atoms with E-state index in [1.165, 1.54) is 0 Å². The van der Waals surface area contributed by atoms with E-state index >= 15 is 0 Å². The average molecular weight is 215 g/mol. The van der Waals surface area contributed by atoms with Gasteiger partial charge in [0.1, 0.15) is 5.52 Å². The second kappa shape index (κ2) is 3.51. The van der Waals surface area contributed by atoms with Crippen molar-refractivity contribution in [2.75, 3.05) is 5.75 Å². The van der Waals surface area contributed by atoms with E-state index in [-0.39, 0.29) is 0 Å². The van der Waals surface area contributed by atoms with Crippen molar-refractivity contribution >= 4 is 34.5 Å². The number of halogens is 1. The summed E-state index contributed by atoms with van der Waals surface area (Å²) < 4.78 is 0. The van der Waals surface area contributed by atoms with E-state index in [9.17, 15) is 0 Å². The topological polar surface area (TPSA) is 54.5 Å². The minimum atomic E-state index is 0.429. The molecule has 4 nitrogen and oxygen atoms in total. The lowest BCUT2D eigenvalue weighted by molar-refractivity contribution is 0.994. The molecule has 0 amide bonds. The highest BCUT2D eigenvalue weighted by molar-refractivity contribution is 7.99. The molecule has 0 fully saturated rings. The van der Waals surface area contributed by atoms with Crippen LogP contribution in [0.3, 0.4) is 0 Å². The average Bonchev–Trinajstić information content (AvgIpc) is 2.53. The van der Waals surface area contributed by atoms with Gasteiger partial charge in [0, 0.05) is 0 Å². The molecule has 0 bridgehead atoms. The second-order valence-corrected chi connectivity index (χ2v) is 3.92. The molecule has 0 aliphatic heterocycles. The summed E-state index contributed by atoms with van der Waals surface area (Å²) in [6.45, 7) is 2.04. The van der Waals surface area contributed by atoms with E-state index in [0.717, 1.165) is 5.75 Å². The first kappa shape index (κ1) is 8.77. The van der Waals surface area contributed by atoms with Crippen LogP contribution in [0.15, 0.2) is 11.5 Å². The highest BCUT2D eigenvalue weighted by Crippen LogP contribution is 2.21. The third-order valence-electron chi connectivity index (χ3n) is 1.49. The quantitative estimate of drug-likeness (QED) is 0.473. The molecule has 6 heteroatoms. The number of hydrogen-bond acceptors (Lipinski definition) is 4. The van der Waals surface area contributed by atoms with Crippen LogP contribution in [0.4, 0.5) is 0 Å². The molecular weight excluding hydrogens is 208 g/mol. The van der Waals surface area contributed by atoms with Crippen LogP contribution in [0.1, 0.15) is 6.92 Å². The Bertz CT molecular complexity index is 427. The summed E-state index contributed by atoms with van der Waals surface area (Å²) in [4.78, 5) is 15.2. The highest BCUT2D eigenvalue weighted by atomic mass is 35.5. The van der Waals surface area contributed by atoms with Gasteiger partial charge in [-0.15, -0.1) is 0 Å². The van der Waals surface area contributed by atoms with Crippen molar-refractivity contribution in [1.82, 2.24) is 19.9 Å². The third kappa shape index (κ3) is 1.62. The SMILES string of the molecule is CCSc1nc(Cl)c2[nH]cnc2n1. The van der Waals surface area contributed by atoms with Crippen molar-refractivity contribution in [3.8, 4) is 0 Å². The number of fused-ring (bicyclic) bond motifs is 1. The van der Waals surface area contributed by atoms with Crippen LogP contribution in [0.25, 0.3) is 11.2 Å². The Balaban J connectivity index is 2.56. The number of aromatic nitrogens is 4. The van der Waals surface area contributed by atoms with Crippen molar-refractivity contribution in [2.24, 2.45) is 0 Å². The van der Waals surface area contributed by atoms with Crippen molar-refractivity contribution in [3.63, 3.8) is 0 Å². The molecule has 13 heavy (non-hydrogen) atoms. The molecular formula is C7H7ClN4S. The summed E-state index contributed by atoms with van der Waals surface area (Å²) in [5, 5.41) is 1.10. The molecule has 0 spiro atoms. The Labute approximate surface area is 84.1 Å². The van der Waals surface area contributed by atoms with Crippen LogP contribution in [0.5, 0.6) is 0 Å². The summed E-state index contributed by atoms with van der Waals surface area (Å²) in [7, 11) is 0. The summed E-state index contributed by atoms with van der Waals surface area (Å²) in [6.07, 6.45) is 1.56. The molecule has 2 aromatic heterocycles. The number of nitrogens with zero attached hydrogens (tertiary/aromatic N) is 3. The minimum absolute atomic E-state index is 0.429. The predicted octanol–water partition coefficient (Wildman–Crippen LogP) is 2.12. The monoisotopic (exact) mass is 214 g/mol. The number of aromatic amines is 1. The van der Waals surface area contributed by atoms with E-state index in [1.807, 2.05) is 6.92 Å². The molecule has 68 valence electrons. The fraction of sp³-hybridized carbons (Fsp3) is 0.286. The van der Waals surface area contributed by atoms with Gasteiger partial charge in [0.2, 0.25) is 0 Å². The van der Waals surface area contributed by atoms with Crippen LogP contribution in [0, 0.1) is 0 Å². The Kier molecular flexibility index (Phi) is 2.37. The van der Waals surface area contributed by atoms with Gasteiger partial charge in [-0.1, -0.05) is 30.3 Å². The van der Waals surface area contributed by atoms with Crippen molar-refractivity contribution in [2.45, 2.75) is 12.1 Å².